The number of piperidine rings is 1. The van der Waals surface area contributed by atoms with Crippen LogP contribution < -0.4 is 0 Å². The third kappa shape index (κ3) is 1.28. The minimum absolute atomic E-state index is 0.348. The topological polar surface area (TPSA) is 32.7 Å². The predicted molar refractivity (Wildman–Crippen MR) is 40.4 cm³/mol. The number of nitroso groups, excluding NO2 is 1. The maximum atomic E-state index is 10.3. The van der Waals surface area contributed by atoms with E-state index in [9.17, 15) is 4.91 Å². The molecule has 1 aliphatic heterocycles. The first kappa shape index (κ1) is 7.51. The maximum Gasteiger partial charge on any atom is 0.0529 e. The van der Waals surface area contributed by atoms with Gasteiger partial charge >= 0.3 is 0 Å². The zero-order chi connectivity index (χ0) is 7.56. The first-order chi connectivity index (χ1) is 4.75. The molecule has 1 aliphatic rings. The summed E-state index contributed by atoms with van der Waals surface area (Å²) in [5.74, 6) is 0. The Morgan fingerprint density at radius 1 is 1.30 bits per heavy atom. The normalized spacial score (nSPS) is 34.0. The minimum Gasteiger partial charge on any atom is -0.255 e. The fourth-order valence-corrected chi connectivity index (χ4v) is 1.57. The van der Waals surface area contributed by atoms with Crippen molar-refractivity contribution in [3.63, 3.8) is 0 Å². The van der Waals surface area contributed by atoms with Crippen molar-refractivity contribution in [3.8, 4) is 0 Å². The van der Waals surface area contributed by atoms with Gasteiger partial charge in [-0.1, -0.05) is 0 Å². The lowest BCUT2D eigenvalue weighted by atomic mass is 10.0. The summed E-state index contributed by atoms with van der Waals surface area (Å²) in [6, 6.07) is 0.697. The zero-order valence-corrected chi connectivity index (χ0v) is 6.58. The van der Waals surface area contributed by atoms with Gasteiger partial charge < -0.3 is 0 Å². The molecule has 0 saturated carbocycles. The molecule has 1 heterocycles. The second kappa shape index (κ2) is 2.99. The summed E-state index contributed by atoms with van der Waals surface area (Å²) < 4.78 is 0. The highest BCUT2D eigenvalue weighted by atomic mass is 16.3. The predicted octanol–water partition coefficient (Wildman–Crippen LogP) is 1.93. The molecule has 0 aromatic rings. The third-order valence-corrected chi connectivity index (χ3v) is 2.24. The van der Waals surface area contributed by atoms with Crippen LogP contribution in [0.4, 0.5) is 0 Å². The molecule has 1 fully saturated rings. The molecule has 0 bridgehead atoms. The monoisotopic (exact) mass is 142 g/mol. The third-order valence-electron chi connectivity index (χ3n) is 2.24. The molecule has 3 nitrogen and oxygen atoms in total. The molecular formula is C7H14N2O. The van der Waals surface area contributed by atoms with Crippen LogP contribution in [0.3, 0.4) is 0 Å². The van der Waals surface area contributed by atoms with Crippen LogP contribution in [-0.2, 0) is 0 Å². The molecule has 0 aromatic carbocycles. The fraction of sp³-hybridized carbons (Fsp3) is 1.00. The van der Waals surface area contributed by atoms with E-state index >= 15 is 0 Å². The van der Waals surface area contributed by atoms with E-state index in [4.69, 9.17) is 0 Å². The average molecular weight is 142 g/mol. The SMILES string of the molecule is C[C@@H]1CCC[C@@H](C)N1N=O. The molecule has 58 valence electrons. The number of nitrogens with zero attached hydrogens (tertiary/aromatic N) is 2. The van der Waals surface area contributed by atoms with Crippen LogP contribution in [0.2, 0.25) is 0 Å². The lowest BCUT2D eigenvalue weighted by Gasteiger charge is -2.33. The van der Waals surface area contributed by atoms with E-state index in [2.05, 4.69) is 19.1 Å². The first-order valence-corrected chi connectivity index (χ1v) is 3.87. The highest BCUT2D eigenvalue weighted by molar-refractivity contribution is 4.75. The van der Waals surface area contributed by atoms with Crippen LogP contribution in [0.1, 0.15) is 33.1 Å². The highest BCUT2D eigenvalue weighted by Crippen LogP contribution is 2.21. The first-order valence-electron chi connectivity index (χ1n) is 3.87. The van der Waals surface area contributed by atoms with E-state index < -0.39 is 0 Å². The quantitative estimate of drug-likeness (QED) is 0.524. The summed E-state index contributed by atoms with van der Waals surface area (Å²) in [4.78, 5) is 10.3. The smallest absolute Gasteiger partial charge is 0.0529 e. The summed E-state index contributed by atoms with van der Waals surface area (Å²) in [6.45, 7) is 4.11. The van der Waals surface area contributed by atoms with E-state index in [1.807, 2.05) is 0 Å². The molecule has 10 heavy (non-hydrogen) atoms. The van der Waals surface area contributed by atoms with Gasteiger partial charge in [-0.15, -0.1) is 4.91 Å². The molecule has 2 atom stereocenters. The zero-order valence-electron chi connectivity index (χ0n) is 6.58. The van der Waals surface area contributed by atoms with Gasteiger partial charge in [-0.05, 0) is 33.1 Å². The minimum atomic E-state index is 0.348. The molecule has 0 amide bonds. The number of rotatable bonds is 1. The van der Waals surface area contributed by atoms with Gasteiger partial charge in [0.15, 0.2) is 0 Å². The Kier molecular flexibility index (Phi) is 2.25. The Hall–Kier alpha value is -0.600. The van der Waals surface area contributed by atoms with E-state index in [-0.39, 0.29) is 0 Å². The van der Waals surface area contributed by atoms with Gasteiger partial charge in [0.2, 0.25) is 0 Å². The molecule has 0 aromatic heterocycles. The Morgan fingerprint density at radius 2 is 1.80 bits per heavy atom. The van der Waals surface area contributed by atoms with Crippen molar-refractivity contribution in [3.05, 3.63) is 4.91 Å². The van der Waals surface area contributed by atoms with Gasteiger partial charge in [-0.2, -0.15) is 0 Å². The van der Waals surface area contributed by atoms with Gasteiger partial charge in [0, 0.05) is 12.1 Å². The summed E-state index contributed by atoms with van der Waals surface area (Å²) in [5.41, 5.74) is 0. The van der Waals surface area contributed by atoms with Crippen molar-refractivity contribution in [1.82, 2.24) is 5.01 Å². The van der Waals surface area contributed by atoms with E-state index in [1.54, 1.807) is 5.01 Å². The van der Waals surface area contributed by atoms with Crippen LogP contribution in [0.5, 0.6) is 0 Å². The van der Waals surface area contributed by atoms with Crippen LogP contribution in [0.15, 0.2) is 5.29 Å². The Balaban J connectivity index is 2.53. The molecule has 0 unspecified atom stereocenters. The van der Waals surface area contributed by atoms with Crippen molar-refractivity contribution in [1.29, 1.82) is 0 Å². The van der Waals surface area contributed by atoms with Crippen LogP contribution in [0.25, 0.3) is 0 Å². The van der Waals surface area contributed by atoms with Gasteiger partial charge in [0.1, 0.15) is 0 Å². The second-order valence-corrected chi connectivity index (χ2v) is 3.09. The molecule has 0 N–H and O–H groups in total. The van der Waals surface area contributed by atoms with Crippen molar-refractivity contribution in [2.75, 3.05) is 0 Å². The van der Waals surface area contributed by atoms with Crippen LogP contribution in [0, 0.1) is 4.91 Å². The Bertz CT molecular complexity index is 117. The lowest BCUT2D eigenvalue weighted by Crippen LogP contribution is -2.39. The van der Waals surface area contributed by atoms with Crippen molar-refractivity contribution < 1.29 is 0 Å². The van der Waals surface area contributed by atoms with E-state index in [0.29, 0.717) is 12.1 Å². The molecule has 1 saturated heterocycles. The Labute approximate surface area is 61.3 Å². The molecule has 0 radical (unpaired) electrons. The van der Waals surface area contributed by atoms with Gasteiger partial charge in [-0.25, -0.2) is 0 Å². The number of hydrogen-bond donors (Lipinski definition) is 0. The molecule has 3 heteroatoms. The summed E-state index contributed by atoms with van der Waals surface area (Å²) >= 11 is 0. The lowest BCUT2D eigenvalue weighted by molar-refractivity contribution is 0.106. The molecule has 0 aliphatic carbocycles. The van der Waals surface area contributed by atoms with Crippen molar-refractivity contribution in [2.45, 2.75) is 45.2 Å². The maximum absolute atomic E-state index is 10.3. The average Bonchev–Trinajstić information content (AvgIpc) is 1.88. The summed E-state index contributed by atoms with van der Waals surface area (Å²) in [5, 5.41) is 4.66. The standard InChI is InChI=1S/C7H14N2O/c1-6-4-3-5-7(2)9(6)8-10/h6-7H,3-5H2,1-2H3/t6-,7-/m1/s1. The molecule has 0 spiro atoms. The molecule has 1 rings (SSSR count). The van der Waals surface area contributed by atoms with Crippen LogP contribution in [-0.4, -0.2) is 17.1 Å². The highest BCUT2D eigenvalue weighted by Gasteiger charge is 2.23. The largest absolute Gasteiger partial charge is 0.255 e. The van der Waals surface area contributed by atoms with Gasteiger partial charge in [0.05, 0.1) is 5.29 Å². The second-order valence-electron chi connectivity index (χ2n) is 3.09. The van der Waals surface area contributed by atoms with Gasteiger partial charge in [0.25, 0.3) is 0 Å². The summed E-state index contributed by atoms with van der Waals surface area (Å²) in [6.07, 6.45) is 3.44. The molecular weight excluding hydrogens is 128 g/mol. The van der Waals surface area contributed by atoms with Crippen molar-refractivity contribution in [2.24, 2.45) is 5.29 Å². The van der Waals surface area contributed by atoms with Crippen molar-refractivity contribution >= 4 is 0 Å². The van der Waals surface area contributed by atoms with E-state index in [0.717, 1.165) is 12.8 Å². The summed E-state index contributed by atoms with van der Waals surface area (Å²) in [7, 11) is 0. The fourth-order valence-electron chi connectivity index (χ4n) is 1.57. The number of hydrogen-bond acceptors (Lipinski definition) is 2. The van der Waals surface area contributed by atoms with E-state index in [1.165, 1.54) is 6.42 Å². The van der Waals surface area contributed by atoms with Gasteiger partial charge in [-0.3, -0.25) is 5.01 Å². The Morgan fingerprint density at radius 3 is 2.10 bits per heavy atom. The van der Waals surface area contributed by atoms with Crippen LogP contribution >= 0.6 is 0 Å².